The minimum atomic E-state index is -0.504. The van der Waals surface area contributed by atoms with E-state index in [1.807, 2.05) is 13.0 Å². The Kier molecular flexibility index (Phi) is 6.46. The van der Waals surface area contributed by atoms with E-state index in [0.29, 0.717) is 26.1 Å². The summed E-state index contributed by atoms with van der Waals surface area (Å²) in [6.45, 7) is 1.86. The van der Waals surface area contributed by atoms with Gasteiger partial charge >= 0.3 is 0 Å². The van der Waals surface area contributed by atoms with E-state index in [1.54, 1.807) is 40.2 Å². The fraction of sp³-hybridized carbons (Fsp3) is 0.240. The molecule has 2 heterocycles. The lowest BCUT2D eigenvalue weighted by atomic mass is 9.97. The summed E-state index contributed by atoms with van der Waals surface area (Å²) in [4.78, 5) is 33.2. The second kappa shape index (κ2) is 9.52. The smallest absolute Gasteiger partial charge is 0.267 e. The van der Waals surface area contributed by atoms with Crippen LogP contribution in [0.1, 0.15) is 28.8 Å². The Labute approximate surface area is 209 Å². The van der Waals surface area contributed by atoms with E-state index < -0.39 is 5.82 Å². The third-order valence-electron chi connectivity index (χ3n) is 5.92. The number of carbonyl (C=O) groups is 1. The largest absolute Gasteiger partial charge is 0.323 e. The molecule has 0 atom stereocenters. The number of hydrogen-bond donors (Lipinski definition) is 1. The maximum absolute atomic E-state index is 13.9. The normalized spacial score (nSPS) is 13.1. The quantitative estimate of drug-likeness (QED) is 0.256. The van der Waals surface area contributed by atoms with Crippen LogP contribution in [-0.2, 0) is 17.6 Å². The Morgan fingerprint density at radius 1 is 1.21 bits per heavy atom. The zero-order valence-electron chi connectivity index (χ0n) is 18.4. The molecule has 9 heteroatoms. The Balaban J connectivity index is 1.57. The molecular weight excluding hydrogens is 493 g/mol. The first-order valence-electron chi connectivity index (χ1n) is 10.9. The van der Waals surface area contributed by atoms with Crippen LogP contribution < -0.4 is 10.9 Å². The van der Waals surface area contributed by atoms with E-state index in [1.165, 1.54) is 17.0 Å². The zero-order valence-corrected chi connectivity index (χ0v) is 20.7. The van der Waals surface area contributed by atoms with Crippen molar-refractivity contribution >= 4 is 56.5 Å². The van der Waals surface area contributed by atoms with Gasteiger partial charge in [0.1, 0.15) is 10.6 Å². The van der Waals surface area contributed by atoms with Gasteiger partial charge in [-0.15, -0.1) is 11.3 Å². The molecule has 5 nitrogen and oxygen atoms in total. The Bertz CT molecular complexity index is 1480. The highest BCUT2D eigenvalue weighted by Crippen LogP contribution is 2.36. The van der Waals surface area contributed by atoms with E-state index in [4.69, 9.17) is 16.6 Å². The number of thiophene rings is 1. The number of carbonyl (C=O) groups excluding carboxylic acids is 1. The number of nitrogens with one attached hydrogen (secondary N) is 1. The second-order valence-corrected chi connectivity index (χ2v) is 10.6. The van der Waals surface area contributed by atoms with Crippen molar-refractivity contribution in [2.24, 2.45) is 0 Å². The van der Waals surface area contributed by atoms with Crippen LogP contribution in [-0.4, -0.2) is 21.2 Å². The summed E-state index contributed by atoms with van der Waals surface area (Å²) >= 11 is 9.08. The number of para-hydroxylation sites is 1. The summed E-state index contributed by atoms with van der Waals surface area (Å²) in [6.07, 6.45) is 4.00. The predicted octanol–water partition coefficient (Wildman–Crippen LogP) is 6.16. The Hall–Kier alpha value is -2.68. The van der Waals surface area contributed by atoms with Gasteiger partial charge in [0.2, 0.25) is 5.91 Å². The van der Waals surface area contributed by atoms with E-state index in [2.05, 4.69) is 5.32 Å². The van der Waals surface area contributed by atoms with Crippen molar-refractivity contribution in [3.05, 3.63) is 79.7 Å². The summed E-state index contributed by atoms with van der Waals surface area (Å²) in [5.74, 6) is -0.919. The van der Waals surface area contributed by atoms with E-state index in [9.17, 15) is 14.0 Å². The van der Waals surface area contributed by atoms with Gasteiger partial charge in [-0.3, -0.25) is 14.2 Å². The van der Waals surface area contributed by atoms with E-state index in [0.717, 1.165) is 48.6 Å². The first-order chi connectivity index (χ1) is 16.4. The van der Waals surface area contributed by atoms with Crippen molar-refractivity contribution in [2.75, 3.05) is 11.1 Å². The van der Waals surface area contributed by atoms with Crippen molar-refractivity contribution in [2.45, 2.75) is 37.8 Å². The van der Waals surface area contributed by atoms with Crippen molar-refractivity contribution in [3.8, 4) is 5.69 Å². The number of thioether (sulfide) groups is 1. The first kappa shape index (κ1) is 23.1. The molecule has 1 amide bonds. The number of amides is 1. The van der Waals surface area contributed by atoms with Crippen molar-refractivity contribution < 1.29 is 9.18 Å². The van der Waals surface area contributed by atoms with Gasteiger partial charge < -0.3 is 5.32 Å². The summed E-state index contributed by atoms with van der Waals surface area (Å²) < 4.78 is 15.5. The molecular formula is C25H21ClFN3O2S2. The molecule has 0 radical (unpaired) electrons. The number of halogens is 2. The number of nitrogens with zero attached hydrogens (tertiary/aromatic N) is 2. The number of benzene rings is 2. The minimum Gasteiger partial charge on any atom is -0.323 e. The highest BCUT2D eigenvalue weighted by molar-refractivity contribution is 7.99. The molecule has 0 aliphatic heterocycles. The molecule has 0 spiro atoms. The molecule has 0 fully saturated rings. The van der Waals surface area contributed by atoms with Crippen LogP contribution in [0.3, 0.4) is 0 Å². The Morgan fingerprint density at radius 3 is 2.82 bits per heavy atom. The molecule has 1 aliphatic carbocycles. The summed E-state index contributed by atoms with van der Waals surface area (Å²) in [7, 11) is 0. The summed E-state index contributed by atoms with van der Waals surface area (Å²) in [5.41, 5.74) is 2.47. The van der Waals surface area contributed by atoms with Crippen LogP contribution in [0.15, 0.2) is 52.4 Å². The van der Waals surface area contributed by atoms with E-state index in [-0.39, 0.29) is 22.9 Å². The number of aryl methyl sites for hydroxylation is 2. The molecule has 0 saturated heterocycles. The maximum atomic E-state index is 13.9. The molecule has 2 aromatic carbocycles. The third-order valence-corrected chi connectivity index (χ3v) is 8.45. The zero-order chi connectivity index (χ0) is 23.8. The fourth-order valence-electron chi connectivity index (χ4n) is 4.21. The van der Waals surface area contributed by atoms with Crippen LogP contribution in [0.5, 0.6) is 0 Å². The summed E-state index contributed by atoms with van der Waals surface area (Å²) in [6, 6.07) is 11.4. The SMILES string of the molecule is Cc1c(Cl)cccc1-n1c(SCC(=O)Nc2ccccc2F)nc2sc3c(c2c1=O)CCCC3. The maximum Gasteiger partial charge on any atom is 0.267 e. The lowest BCUT2D eigenvalue weighted by molar-refractivity contribution is -0.113. The van der Waals surface area contributed by atoms with Gasteiger partial charge in [0.15, 0.2) is 5.16 Å². The number of hydrogen-bond acceptors (Lipinski definition) is 5. The molecule has 4 aromatic rings. The van der Waals surface area contributed by atoms with Gasteiger partial charge in [0.25, 0.3) is 5.56 Å². The third kappa shape index (κ3) is 4.26. The number of anilines is 1. The van der Waals surface area contributed by atoms with Gasteiger partial charge in [0.05, 0.1) is 22.5 Å². The molecule has 1 N–H and O–H groups in total. The molecule has 2 aromatic heterocycles. The van der Waals surface area contributed by atoms with Gasteiger partial charge in [0, 0.05) is 9.90 Å². The monoisotopic (exact) mass is 513 g/mol. The number of fused-ring (bicyclic) bond motifs is 3. The van der Waals surface area contributed by atoms with Gasteiger partial charge in [-0.25, -0.2) is 9.37 Å². The highest BCUT2D eigenvalue weighted by Gasteiger charge is 2.24. The van der Waals surface area contributed by atoms with Crippen molar-refractivity contribution in [3.63, 3.8) is 0 Å². The first-order valence-corrected chi connectivity index (χ1v) is 13.1. The highest BCUT2D eigenvalue weighted by atomic mass is 35.5. The molecule has 5 rings (SSSR count). The van der Waals surface area contributed by atoms with Gasteiger partial charge in [-0.05, 0) is 68.0 Å². The molecule has 0 bridgehead atoms. The molecule has 174 valence electrons. The fourth-order valence-corrected chi connectivity index (χ4v) is 6.49. The van der Waals surface area contributed by atoms with Crippen molar-refractivity contribution in [1.29, 1.82) is 0 Å². The molecule has 1 aliphatic rings. The second-order valence-electron chi connectivity index (χ2n) is 8.13. The van der Waals surface area contributed by atoms with Crippen LogP contribution in [0, 0.1) is 12.7 Å². The molecule has 0 unspecified atom stereocenters. The van der Waals surface area contributed by atoms with Crippen LogP contribution >= 0.6 is 34.7 Å². The van der Waals surface area contributed by atoms with Crippen LogP contribution in [0.25, 0.3) is 15.9 Å². The van der Waals surface area contributed by atoms with Crippen LogP contribution in [0.2, 0.25) is 5.02 Å². The van der Waals surface area contributed by atoms with Gasteiger partial charge in [-0.1, -0.05) is 41.6 Å². The average molecular weight is 514 g/mol. The Morgan fingerprint density at radius 2 is 2.00 bits per heavy atom. The topological polar surface area (TPSA) is 64.0 Å². The summed E-state index contributed by atoms with van der Waals surface area (Å²) in [5, 5.41) is 4.20. The van der Waals surface area contributed by atoms with Gasteiger partial charge in [-0.2, -0.15) is 0 Å². The average Bonchev–Trinajstić information content (AvgIpc) is 3.20. The lowest BCUT2D eigenvalue weighted by Gasteiger charge is -2.16. The van der Waals surface area contributed by atoms with Crippen LogP contribution in [0.4, 0.5) is 10.1 Å². The van der Waals surface area contributed by atoms with Crippen molar-refractivity contribution in [1.82, 2.24) is 9.55 Å². The standard InChI is InChI=1S/C25H21ClFN3O2S2/c1-14-16(26)8-6-11-19(14)30-24(32)22-15-7-2-5-12-20(15)34-23(22)29-25(30)33-13-21(31)28-18-10-4-3-9-17(18)27/h3-4,6,8-11H,2,5,7,12-13H2,1H3,(H,28,31). The predicted molar refractivity (Wildman–Crippen MR) is 137 cm³/mol. The lowest BCUT2D eigenvalue weighted by Crippen LogP contribution is -2.24. The number of rotatable bonds is 5. The van der Waals surface area contributed by atoms with E-state index >= 15 is 0 Å². The minimum absolute atomic E-state index is 0.0308. The molecule has 34 heavy (non-hydrogen) atoms. The number of aromatic nitrogens is 2. The molecule has 0 saturated carbocycles.